The molecule has 5 aromatic rings. The third-order valence-electron chi connectivity index (χ3n) is 4.70. The number of aryl methyl sites for hydroxylation is 1. The minimum atomic E-state index is -0.275. The fourth-order valence-corrected chi connectivity index (χ4v) is 3.69. The molecule has 150 valence electrons. The van der Waals surface area contributed by atoms with Crippen molar-refractivity contribution in [2.45, 2.75) is 12.1 Å². The van der Waals surface area contributed by atoms with E-state index in [4.69, 9.17) is 4.74 Å². The number of pyridine rings is 1. The molecule has 2 N–H and O–H groups in total. The van der Waals surface area contributed by atoms with E-state index < -0.39 is 0 Å². The number of fused-ring (bicyclic) bond motifs is 2. The van der Waals surface area contributed by atoms with Gasteiger partial charge in [-0.1, -0.05) is 33.9 Å². The topological polar surface area (TPSA) is 118 Å². The largest absolute Gasteiger partial charge is 0.497 e. The molecule has 0 atom stereocenters. The summed E-state index contributed by atoms with van der Waals surface area (Å²) in [6.45, 7) is 1.84. The van der Waals surface area contributed by atoms with Crippen LogP contribution in [-0.2, 0) is 0 Å². The summed E-state index contributed by atoms with van der Waals surface area (Å²) < 4.78 is 8.53. The van der Waals surface area contributed by atoms with Gasteiger partial charge in [-0.05, 0) is 24.5 Å². The van der Waals surface area contributed by atoms with Gasteiger partial charge in [-0.3, -0.25) is 9.36 Å². The fourth-order valence-electron chi connectivity index (χ4n) is 3.38. The Labute approximate surface area is 174 Å². The summed E-state index contributed by atoms with van der Waals surface area (Å²) in [4.78, 5) is 26.9. The zero-order valence-corrected chi connectivity index (χ0v) is 17.2. The first-order valence-corrected chi connectivity index (χ1v) is 10.3. The molecule has 10 nitrogen and oxygen atoms in total. The predicted octanol–water partition coefficient (Wildman–Crippen LogP) is 1.67. The molecule has 1 aromatic carbocycles. The van der Waals surface area contributed by atoms with Crippen LogP contribution in [0.25, 0.3) is 33.9 Å². The number of rotatable bonds is 4. The van der Waals surface area contributed by atoms with Crippen LogP contribution < -0.4 is 14.8 Å². The highest BCUT2D eigenvalue weighted by molar-refractivity contribution is 7.98. The van der Waals surface area contributed by atoms with Crippen molar-refractivity contribution in [3.05, 3.63) is 52.7 Å². The minimum absolute atomic E-state index is 0.275. The smallest absolute Gasteiger partial charge is 0.458 e. The molecule has 11 heteroatoms. The van der Waals surface area contributed by atoms with Crippen LogP contribution in [0.4, 0.5) is 0 Å². The molecule has 0 bridgehead atoms. The van der Waals surface area contributed by atoms with Crippen molar-refractivity contribution in [2.75, 3.05) is 13.4 Å². The highest BCUT2D eigenvalue weighted by atomic mass is 32.2. The standard InChI is InChI=1S/C19H16N8O2S/c1-10-20-17-21-13-7-8-26(18-22-19(30-3)24-23-18)16(28)14(13)15(27(17)25-10)11-5-4-6-12(9-11)29-2/h4-9H,1-3H3,(H,22,23,24)/p+1. The Morgan fingerprint density at radius 1 is 1.20 bits per heavy atom. The lowest BCUT2D eigenvalue weighted by Crippen LogP contribution is -2.31. The Hall–Kier alpha value is -3.73. The molecule has 0 saturated carbocycles. The summed E-state index contributed by atoms with van der Waals surface area (Å²) in [5, 5.41) is 11.1. The summed E-state index contributed by atoms with van der Waals surface area (Å²) >= 11 is 1.39. The van der Waals surface area contributed by atoms with Gasteiger partial charge in [0, 0.05) is 18.7 Å². The lowest BCUT2D eigenvalue weighted by Gasteiger charge is -2.07. The molecule has 0 aliphatic carbocycles. The quantitative estimate of drug-likeness (QED) is 0.335. The summed E-state index contributed by atoms with van der Waals surface area (Å²) in [5.74, 6) is 2.17. The molecule has 5 rings (SSSR count). The van der Waals surface area contributed by atoms with Crippen LogP contribution in [-0.4, -0.2) is 48.2 Å². The van der Waals surface area contributed by atoms with Crippen molar-refractivity contribution in [3.8, 4) is 23.0 Å². The second-order valence-electron chi connectivity index (χ2n) is 6.53. The zero-order valence-electron chi connectivity index (χ0n) is 16.4. The maximum absolute atomic E-state index is 13.6. The lowest BCUT2D eigenvalue weighted by molar-refractivity contribution is -0.567. The fraction of sp³-hybridized carbons (Fsp3) is 0.158. The third-order valence-corrected chi connectivity index (χ3v) is 5.25. The van der Waals surface area contributed by atoms with Crippen molar-refractivity contribution in [1.82, 2.24) is 34.8 Å². The van der Waals surface area contributed by atoms with E-state index in [9.17, 15) is 4.79 Å². The SMILES string of the molecule is COc1cccc(-c2c3c(=O)n(-c4nc(SC)n[nH]4)ccc3nc3nc(C)[nH][n+]23)c1. The molecule has 4 heterocycles. The maximum atomic E-state index is 13.6. The van der Waals surface area contributed by atoms with Crippen LogP contribution >= 0.6 is 11.8 Å². The second-order valence-corrected chi connectivity index (χ2v) is 7.31. The van der Waals surface area contributed by atoms with Crippen molar-refractivity contribution < 1.29 is 9.25 Å². The van der Waals surface area contributed by atoms with Gasteiger partial charge in [0.1, 0.15) is 11.1 Å². The van der Waals surface area contributed by atoms with Crippen molar-refractivity contribution in [1.29, 1.82) is 0 Å². The number of nitrogens with one attached hydrogen (secondary N) is 2. The highest BCUT2D eigenvalue weighted by Gasteiger charge is 2.25. The second kappa shape index (κ2) is 6.95. The van der Waals surface area contributed by atoms with Crippen LogP contribution in [0.2, 0.25) is 0 Å². The van der Waals surface area contributed by atoms with Gasteiger partial charge in [-0.15, -0.1) is 9.61 Å². The van der Waals surface area contributed by atoms with Crippen molar-refractivity contribution >= 4 is 28.4 Å². The van der Waals surface area contributed by atoms with E-state index in [2.05, 4.69) is 30.2 Å². The first kappa shape index (κ1) is 18.3. The Morgan fingerprint density at radius 2 is 2.07 bits per heavy atom. The normalized spacial score (nSPS) is 11.4. The van der Waals surface area contributed by atoms with Gasteiger partial charge in [0.2, 0.25) is 16.9 Å². The average Bonchev–Trinajstić information content (AvgIpc) is 3.38. The number of hydrogen-bond acceptors (Lipinski definition) is 7. The van der Waals surface area contributed by atoms with Crippen molar-refractivity contribution in [2.24, 2.45) is 0 Å². The lowest BCUT2D eigenvalue weighted by atomic mass is 10.1. The number of hydrogen-bond donors (Lipinski definition) is 2. The Kier molecular flexibility index (Phi) is 4.24. The molecule has 0 unspecified atom stereocenters. The van der Waals surface area contributed by atoms with E-state index in [0.29, 0.717) is 45.1 Å². The Morgan fingerprint density at radius 3 is 2.83 bits per heavy atom. The first-order valence-electron chi connectivity index (χ1n) is 9.04. The van der Waals surface area contributed by atoms with Gasteiger partial charge in [0.25, 0.3) is 5.56 Å². The van der Waals surface area contributed by atoms with E-state index in [0.717, 1.165) is 5.56 Å². The highest BCUT2D eigenvalue weighted by Crippen LogP contribution is 2.26. The molecule has 30 heavy (non-hydrogen) atoms. The molecule has 0 spiro atoms. The molecule has 4 aromatic heterocycles. The number of H-pyrrole nitrogens is 2. The number of nitrogens with zero attached hydrogens (tertiary/aromatic N) is 6. The predicted molar refractivity (Wildman–Crippen MR) is 111 cm³/mol. The average molecular weight is 421 g/mol. The molecule has 0 saturated heterocycles. The van der Waals surface area contributed by atoms with Gasteiger partial charge in [-0.25, -0.2) is 10.2 Å². The monoisotopic (exact) mass is 421 g/mol. The van der Waals surface area contributed by atoms with Crippen LogP contribution in [0.15, 0.2) is 46.5 Å². The number of aromatic amines is 2. The molecule has 0 amide bonds. The molecule has 0 fully saturated rings. The van der Waals surface area contributed by atoms with E-state index in [1.165, 1.54) is 16.3 Å². The number of methoxy groups -OCH3 is 1. The number of ether oxygens (including phenoxy) is 1. The van der Waals surface area contributed by atoms with Crippen LogP contribution in [0, 0.1) is 6.92 Å². The first-order chi connectivity index (χ1) is 14.6. The number of benzene rings is 1. The van der Waals surface area contributed by atoms with Crippen LogP contribution in [0.3, 0.4) is 0 Å². The van der Waals surface area contributed by atoms with Gasteiger partial charge in [0.15, 0.2) is 11.2 Å². The Bertz CT molecular complexity index is 1470. The van der Waals surface area contributed by atoms with Crippen molar-refractivity contribution in [3.63, 3.8) is 0 Å². The summed E-state index contributed by atoms with van der Waals surface area (Å²) in [5.41, 5.74) is 1.68. The molecular formula is C19H17N8O2S+. The van der Waals surface area contributed by atoms with Gasteiger partial charge in [-0.2, -0.15) is 4.98 Å². The zero-order chi connectivity index (χ0) is 20.8. The molecule has 0 radical (unpaired) electrons. The van der Waals surface area contributed by atoms with Crippen LogP contribution in [0.5, 0.6) is 5.75 Å². The van der Waals surface area contributed by atoms with E-state index >= 15 is 0 Å². The summed E-state index contributed by atoms with van der Waals surface area (Å²) in [6, 6.07) is 9.28. The third kappa shape index (κ3) is 2.82. The minimum Gasteiger partial charge on any atom is -0.497 e. The van der Waals surface area contributed by atoms with Gasteiger partial charge < -0.3 is 4.74 Å². The van der Waals surface area contributed by atoms with E-state index in [1.54, 1.807) is 23.9 Å². The summed E-state index contributed by atoms with van der Waals surface area (Å²) in [6.07, 6.45) is 3.50. The van der Waals surface area contributed by atoms with E-state index in [-0.39, 0.29) is 5.56 Å². The molecule has 0 aliphatic rings. The van der Waals surface area contributed by atoms with E-state index in [1.807, 2.05) is 37.4 Å². The molecule has 0 aliphatic heterocycles. The maximum Gasteiger partial charge on any atom is 0.458 e. The van der Waals surface area contributed by atoms with Gasteiger partial charge >= 0.3 is 5.78 Å². The summed E-state index contributed by atoms with van der Waals surface area (Å²) in [7, 11) is 1.60. The van der Waals surface area contributed by atoms with Gasteiger partial charge in [0.05, 0.1) is 7.11 Å². The number of aromatic nitrogens is 8. The Balaban J connectivity index is 1.90. The molecular weight excluding hydrogens is 404 g/mol. The number of thioether (sulfide) groups is 1. The van der Waals surface area contributed by atoms with Crippen LogP contribution in [0.1, 0.15) is 5.82 Å².